The van der Waals surface area contributed by atoms with Crippen LogP contribution >= 0.6 is 0 Å². The minimum absolute atomic E-state index is 0. The van der Waals surface area contributed by atoms with Gasteiger partial charge in [-0.3, -0.25) is 0 Å². The van der Waals surface area contributed by atoms with Crippen LogP contribution in [0.15, 0.2) is 18.2 Å². The molecule has 0 N–H and O–H groups in total. The summed E-state index contributed by atoms with van der Waals surface area (Å²) in [7, 11) is 0. The molecule has 0 amide bonds. The number of aliphatic carboxylic acids is 1. The molecule has 4 nitrogen and oxygen atoms in total. The van der Waals surface area contributed by atoms with Crippen molar-refractivity contribution in [1.82, 2.24) is 0 Å². The number of rotatable bonds is 5. The second-order valence-corrected chi connectivity index (χ2v) is 5.28. The number of benzene rings is 1. The summed E-state index contributed by atoms with van der Waals surface area (Å²) < 4.78 is 19.1. The fourth-order valence-corrected chi connectivity index (χ4v) is 2.29. The van der Waals surface area contributed by atoms with Gasteiger partial charge in [0.05, 0.1) is 6.10 Å². The smallest absolute Gasteiger partial charge is 0.550 e. The van der Waals surface area contributed by atoms with E-state index in [1.807, 2.05) is 4.90 Å². The third-order valence-corrected chi connectivity index (χ3v) is 3.51. The van der Waals surface area contributed by atoms with Gasteiger partial charge in [0.2, 0.25) is 0 Å². The summed E-state index contributed by atoms with van der Waals surface area (Å²) in [5.74, 6) is -0.935. The van der Waals surface area contributed by atoms with Crippen LogP contribution in [0.5, 0.6) is 5.75 Å². The van der Waals surface area contributed by atoms with Crippen LogP contribution in [0.4, 0.5) is 10.1 Å². The van der Waals surface area contributed by atoms with E-state index >= 15 is 0 Å². The summed E-state index contributed by atoms with van der Waals surface area (Å²) in [4.78, 5) is 12.5. The maximum absolute atomic E-state index is 13.6. The average molecular weight is 271 g/mol. The number of carboxylic acid groups (broad SMARTS) is 1. The zero-order chi connectivity index (χ0) is 13.4. The molecule has 2 aliphatic rings. The molecule has 1 saturated heterocycles. The monoisotopic (exact) mass is 271 g/mol. The molecule has 2 fully saturated rings. The standard InChI is InChI=1S/C14H16FNO3.Li/c15-12-4-1-10(6-13(12)19-11-2-3-11)16-7-9(8-16)5-14(17)18;/h1,4,6,9,11H,2-3,5,7-8H2,(H,17,18);/q;+1/p-1. The number of halogens is 1. The largest absolute Gasteiger partial charge is 1.00 e. The third kappa shape index (κ3) is 3.47. The van der Waals surface area contributed by atoms with E-state index < -0.39 is 5.97 Å². The number of carbonyl (C=O) groups excluding carboxylic acids is 1. The molecule has 0 unspecified atom stereocenters. The Hall–Kier alpha value is -1.18. The van der Waals surface area contributed by atoms with E-state index in [0.717, 1.165) is 18.5 Å². The van der Waals surface area contributed by atoms with Gasteiger partial charge in [0, 0.05) is 30.8 Å². The minimum Gasteiger partial charge on any atom is -0.550 e. The predicted octanol–water partition coefficient (Wildman–Crippen LogP) is -2.05. The van der Waals surface area contributed by atoms with Gasteiger partial charge in [-0.05, 0) is 37.3 Å². The molecule has 0 spiro atoms. The normalized spacial score (nSPS) is 18.1. The van der Waals surface area contributed by atoms with E-state index in [2.05, 4.69) is 0 Å². The molecule has 102 valence electrons. The van der Waals surface area contributed by atoms with Gasteiger partial charge < -0.3 is 19.5 Å². The Bertz CT molecular complexity index is 501. The van der Waals surface area contributed by atoms with Gasteiger partial charge in [-0.1, -0.05) is 0 Å². The first-order valence-corrected chi connectivity index (χ1v) is 6.53. The maximum atomic E-state index is 13.6. The van der Waals surface area contributed by atoms with Crippen molar-refractivity contribution in [2.75, 3.05) is 18.0 Å². The molecule has 0 radical (unpaired) electrons. The molecule has 1 aromatic rings. The number of anilines is 1. The third-order valence-electron chi connectivity index (χ3n) is 3.51. The Morgan fingerprint density at radius 3 is 2.70 bits per heavy atom. The fraction of sp³-hybridized carbons (Fsp3) is 0.500. The predicted molar refractivity (Wildman–Crippen MR) is 65.4 cm³/mol. The van der Waals surface area contributed by atoms with Crippen LogP contribution in [-0.4, -0.2) is 25.2 Å². The molecule has 1 heterocycles. The van der Waals surface area contributed by atoms with Gasteiger partial charge in [0.15, 0.2) is 11.6 Å². The summed E-state index contributed by atoms with van der Waals surface area (Å²) in [6.07, 6.45) is 2.22. The van der Waals surface area contributed by atoms with Crippen LogP contribution in [0.3, 0.4) is 0 Å². The molecule has 0 atom stereocenters. The average Bonchev–Trinajstić information content (AvgIpc) is 3.10. The summed E-state index contributed by atoms with van der Waals surface area (Å²) in [5, 5.41) is 10.5. The Labute approximate surface area is 129 Å². The van der Waals surface area contributed by atoms with E-state index in [0.29, 0.717) is 18.8 Å². The first kappa shape index (κ1) is 15.2. The molecule has 1 aliphatic heterocycles. The molecule has 1 aromatic carbocycles. The molecular formula is C14H15FLiNO3. The molecule has 3 rings (SSSR count). The molecule has 1 saturated carbocycles. The van der Waals surface area contributed by atoms with E-state index in [1.165, 1.54) is 6.07 Å². The number of hydrogen-bond acceptors (Lipinski definition) is 4. The summed E-state index contributed by atoms with van der Waals surface area (Å²) >= 11 is 0. The van der Waals surface area contributed by atoms with Crippen molar-refractivity contribution < 1.29 is 37.9 Å². The minimum atomic E-state index is -1.01. The van der Waals surface area contributed by atoms with Crippen molar-refractivity contribution in [1.29, 1.82) is 0 Å². The van der Waals surface area contributed by atoms with Gasteiger partial charge >= 0.3 is 18.9 Å². The van der Waals surface area contributed by atoms with Crippen LogP contribution in [0.2, 0.25) is 0 Å². The first-order valence-electron chi connectivity index (χ1n) is 6.53. The summed E-state index contributed by atoms with van der Waals surface area (Å²) in [5.41, 5.74) is 0.881. The zero-order valence-corrected chi connectivity index (χ0v) is 11.5. The Morgan fingerprint density at radius 1 is 1.40 bits per heavy atom. The van der Waals surface area contributed by atoms with Crippen LogP contribution in [-0.2, 0) is 4.79 Å². The van der Waals surface area contributed by atoms with Gasteiger partial charge in [0.1, 0.15) is 0 Å². The van der Waals surface area contributed by atoms with E-state index in [4.69, 9.17) is 4.74 Å². The van der Waals surface area contributed by atoms with Crippen LogP contribution in [0.25, 0.3) is 0 Å². The van der Waals surface area contributed by atoms with Crippen molar-refractivity contribution >= 4 is 11.7 Å². The molecule has 6 heteroatoms. The molecule has 0 aromatic heterocycles. The number of hydrogen-bond donors (Lipinski definition) is 0. The van der Waals surface area contributed by atoms with Gasteiger partial charge in [-0.25, -0.2) is 4.39 Å². The SMILES string of the molecule is O=C([O-])CC1CN(c2ccc(F)c(OC3CC3)c2)C1.[Li+]. The number of ether oxygens (including phenoxy) is 1. The van der Waals surface area contributed by atoms with Gasteiger partial charge in [-0.2, -0.15) is 0 Å². The number of nitrogens with zero attached hydrogens (tertiary/aromatic N) is 1. The summed E-state index contributed by atoms with van der Waals surface area (Å²) in [6, 6.07) is 4.80. The zero-order valence-electron chi connectivity index (χ0n) is 11.5. The number of carbonyl (C=O) groups is 1. The van der Waals surface area contributed by atoms with Crippen LogP contribution in [0, 0.1) is 11.7 Å². The Balaban J connectivity index is 0.00000147. The van der Waals surface area contributed by atoms with Crippen molar-refractivity contribution in [2.45, 2.75) is 25.4 Å². The molecular weight excluding hydrogens is 256 g/mol. The van der Waals surface area contributed by atoms with Crippen molar-refractivity contribution in [3.05, 3.63) is 24.0 Å². The van der Waals surface area contributed by atoms with E-state index in [1.54, 1.807) is 12.1 Å². The van der Waals surface area contributed by atoms with Crippen LogP contribution < -0.4 is 33.6 Å². The quantitative estimate of drug-likeness (QED) is 0.578. The first-order chi connectivity index (χ1) is 9.11. The maximum Gasteiger partial charge on any atom is 1.00 e. The number of carboxylic acids is 1. The second-order valence-electron chi connectivity index (χ2n) is 5.28. The van der Waals surface area contributed by atoms with Crippen molar-refractivity contribution in [2.24, 2.45) is 5.92 Å². The fourth-order valence-electron chi connectivity index (χ4n) is 2.29. The summed E-state index contributed by atoms with van der Waals surface area (Å²) in [6.45, 7) is 1.34. The topological polar surface area (TPSA) is 52.6 Å². The molecule has 0 bridgehead atoms. The van der Waals surface area contributed by atoms with E-state index in [9.17, 15) is 14.3 Å². The van der Waals surface area contributed by atoms with Gasteiger partial charge in [0.25, 0.3) is 0 Å². The molecule has 20 heavy (non-hydrogen) atoms. The van der Waals surface area contributed by atoms with Crippen molar-refractivity contribution in [3.63, 3.8) is 0 Å². The van der Waals surface area contributed by atoms with E-state index in [-0.39, 0.29) is 43.1 Å². The molecule has 1 aliphatic carbocycles. The van der Waals surface area contributed by atoms with Crippen LogP contribution in [0.1, 0.15) is 19.3 Å². The second kappa shape index (κ2) is 6.07. The Morgan fingerprint density at radius 2 is 2.10 bits per heavy atom. The Kier molecular flexibility index (Phi) is 4.62. The van der Waals surface area contributed by atoms with Crippen molar-refractivity contribution in [3.8, 4) is 5.75 Å². The van der Waals surface area contributed by atoms with Gasteiger partial charge in [-0.15, -0.1) is 0 Å².